The first-order chi connectivity index (χ1) is 9.20. The Kier molecular flexibility index (Phi) is 2.64. The molecular weight excluding hydrogens is 232 g/mol. The first kappa shape index (κ1) is 11.6. The van der Waals surface area contributed by atoms with Crippen LogP contribution in [0.15, 0.2) is 73.6 Å². The molecule has 1 aliphatic heterocycles. The lowest BCUT2D eigenvalue weighted by Crippen LogP contribution is -2.36. The first-order valence-corrected chi connectivity index (χ1v) is 6.26. The molecule has 0 aromatic heterocycles. The van der Waals surface area contributed by atoms with Gasteiger partial charge in [0.1, 0.15) is 5.82 Å². The molecular formula is C17H16N2. The summed E-state index contributed by atoms with van der Waals surface area (Å²) in [5, 5.41) is 0. The molecule has 2 heteroatoms. The van der Waals surface area contributed by atoms with Crippen LogP contribution in [-0.2, 0) is 0 Å². The van der Waals surface area contributed by atoms with Crippen molar-refractivity contribution in [3.8, 4) is 0 Å². The fraction of sp³-hybridized carbons (Fsp3) is 0.0588. The molecule has 0 aliphatic carbocycles. The van der Waals surface area contributed by atoms with Crippen LogP contribution in [0.1, 0.15) is 5.56 Å². The van der Waals surface area contributed by atoms with Gasteiger partial charge in [-0.05, 0) is 18.2 Å². The van der Waals surface area contributed by atoms with Gasteiger partial charge in [-0.1, -0.05) is 49.6 Å². The van der Waals surface area contributed by atoms with E-state index in [4.69, 9.17) is 0 Å². The fourth-order valence-electron chi connectivity index (χ4n) is 2.46. The molecule has 1 heterocycles. The van der Waals surface area contributed by atoms with Gasteiger partial charge in [-0.3, -0.25) is 4.90 Å². The summed E-state index contributed by atoms with van der Waals surface area (Å²) in [6, 6.07) is 18.5. The third-order valence-electron chi connectivity index (χ3n) is 3.51. The Morgan fingerprint density at radius 1 is 0.842 bits per heavy atom. The topological polar surface area (TPSA) is 6.48 Å². The van der Waals surface area contributed by atoms with Gasteiger partial charge in [-0.2, -0.15) is 0 Å². The van der Waals surface area contributed by atoms with Crippen molar-refractivity contribution >= 4 is 17.1 Å². The second-order valence-electron chi connectivity index (χ2n) is 4.61. The highest BCUT2D eigenvalue weighted by Crippen LogP contribution is 2.40. The molecule has 0 amide bonds. The van der Waals surface area contributed by atoms with Gasteiger partial charge in [0.2, 0.25) is 0 Å². The van der Waals surface area contributed by atoms with Gasteiger partial charge >= 0.3 is 0 Å². The monoisotopic (exact) mass is 248 g/mol. The van der Waals surface area contributed by atoms with Crippen molar-refractivity contribution in [2.75, 3.05) is 16.8 Å². The maximum Gasteiger partial charge on any atom is 0.110 e. The summed E-state index contributed by atoms with van der Waals surface area (Å²) < 4.78 is 0. The smallest absolute Gasteiger partial charge is 0.110 e. The highest BCUT2D eigenvalue weighted by atomic mass is 15.3. The van der Waals surface area contributed by atoms with E-state index in [9.17, 15) is 0 Å². The van der Waals surface area contributed by atoms with Gasteiger partial charge in [-0.15, -0.1) is 0 Å². The molecule has 94 valence electrons. The van der Waals surface area contributed by atoms with Crippen LogP contribution >= 0.6 is 0 Å². The molecule has 0 atom stereocenters. The number of anilines is 2. The van der Waals surface area contributed by atoms with E-state index >= 15 is 0 Å². The molecule has 0 saturated heterocycles. The summed E-state index contributed by atoms with van der Waals surface area (Å²) in [6.45, 7) is 8.43. The zero-order valence-corrected chi connectivity index (χ0v) is 11.0. The number of benzene rings is 2. The third-order valence-corrected chi connectivity index (χ3v) is 3.51. The zero-order chi connectivity index (χ0) is 13.4. The molecule has 0 radical (unpaired) electrons. The van der Waals surface area contributed by atoms with Crippen LogP contribution in [0, 0.1) is 0 Å². The van der Waals surface area contributed by atoms with Gasteiger partial charge in [0.05, 0.1) is 5.69 Å². The minimum absolute atomic E-state index is 0.912. The van der Waals surface area contributed by atoms with Gasteiger partial charge in [0, 0.05) is 24.0 Å². The standard InChI is InChI=1S/C17H16N2/c1-13-16-11-7-8-12-17(16)18(3)14(2)19(13)15-9-5-4-6-10-15/h4-12H,1-2H2,3H3. The van der Waals surface area contributed by atoms with Crippen molar-refractivity contribution in [2.24, 2.45) is 0 Å². The van der Waals surface area contributed by atoms with Crippen LogP contribution < -0.4 is 9.80 Å². The molecule has 0 unspecified atom stereocenters. The summed E-state index contributed by atoms with van der Waals surface area (Å²) in [5.41, 5.74) is 4.33. The molecule has 0 saturated carbocycles. The van der Waals surface area contributed by atoms with E-state index in [1.54, 1.807) is 0 Å². The Morgan fingerprint density at radius 3 is 2.21 bits per heavy atom. The fourth-order valence-corrected chi connectivity index (χ4v) is 2.46. The number of hydrogen-bond acceptors (Lipinski definition) is 2. The average molecular weight is 248 g/mol. The normalized spacial score (nSPS) is 14.6. The second-order valence-corrected chi connectivity index (χ2v) is 4.61. The van der Waals surface area contributed by atoms with E-state index in [1.165, 1.54) is 0 Å². The summed E-state index contributed by atoms with van der Waals surface area (Å²) in [5.74, 6) is 0.912. The SMILES string of the molecule is C=C1c2ccccc2N(C)C(=C)N1c1ccccc1. The van der Waals surface area contributed by atoms with E-state index in [0.717, 1.165) is 28.5 Å². The Morgan fingerprint density at radius 2 is 1.47 bits per heavy atom. The van der Waals surface area contributed by atoms with Gasteiger partial charge in [-0.25, -0.2) is 0 Å². The first-order valence-electron chi connectivity index (χ1n) is 6.26. The van der Waals surface area contributed by atoms with Crippen LogP contribution in [0.25, 0.3) is 5.70 Å². The van der Waals surface area contributed by atoms with Crippen molar-refractivity contribution in [2.45, 2.75) is 0 Å². The number of rotatable bonds is 1. The summed E-state index contributed by atoms with van der Waals surface area (Å²) in [6.07, 6.45) is 0. The minimum Gasteiger partial charge on any atom is -0.330 e. The molecule has 2 aromatic rings. The Bertz CT molecular complexity index is 643. The molecule has 0 N–H and O–H groups in total. The molecule has 0 spiro atoms. The number of fused-ring (bicyclic) bond motifs is 1. The highest BCUT2D eigenvalue weighted by Gasteiger charge is 2.26. The van der Waals surface area contributed by atoms with E-state index in [0.29, 0.717) is 0 Å². The van der Waals surface area contributed by atoms with Crippen LogP contribution in [0.2, 0.25) is 0 Å². The maximum atomic E-state index is 4.24. The largest absolute Gasteiger partial charge is 0.330 e. The predicted octanol–water partition coefficient (Wildman–Crippen LogP) is 4.08. The van der Waals surface area contributed by atoms with Crippen LogP contribution in [-0.4, -0.2) is 7.05 Å². The summed E-state index contributed by atoms with van der Waals surface area (Å²) in [7, 11) is 2.03. The average Bonchev–Trinajstić information content (AvgIpc) is 2.46. The van der Waals surface area contributed by atoms with Crippen molar-refractivity contribution in [1.82, 2.24) is 0 Å². The minimum atomic E-state index is 0.912. The van der Waals surface area contributed by atoms with E-state index in [2.05, 4.69) is 47.2 Å². The van der Waals surface area contributed by atoms with E-state index in [-0.39, 0.29) is 0 Å². The van der Waals surface area contributed by atoms with Crippen LogP contribution in [0.4, 0.5) is 11.4 Å². The Balaban J connectivity index is 2.15. The maximum absolute atomic E-state index is 4.24. The molecule has 0 bridgehead atoms. The van der Waals surface area contributed by atoms with Gasteiger partial charge in [0.25, 0.3) is 0 Å². The molecule has 19 heavy (non-hydrogen) atoms. The van der Waals surface area contributed by atoms with E-state index in [1.807, 2.05) is 37.4 Å². The molecule has 1 aliphatic rings. The summed E-state index contributed by atoms with van der Waals surface area (Å²) >= 11 is 0. The lowest BCUT2D eigenvalue weighted by molar-refractivity contribution is 0.994. The van der Waals surface area contributed by atoms with Crippen LogP contribution in [0.5, 0.6) is 0 Å². The van der Waals surface area contributed by atoms with E-state index < -0.39 is 0 Å². The molecule has 0 fully saturated rings. The highest BCUT2D eigenvalue weighted by molar-refractivity contribution is 5.91. The number of para-hydroxylation sites is 2. The molecule has 2 aromatic carbocycles. The molecule has 3 rings (SSSR count). The predicted molar refractivity (Wildman–Crippen MR) is 81.9 cm³/mol. The number of nitrogens with zero attached hydrogens (tertiary/aromatic N) is 2. The van der Waals surface area contributed by atoms with Gasteiger partial charge in [0.15, 0.2) is 0 Å². The van der Waals surface area contributed by atoms with Crippen molar-refractivity contribution in [1.29, 1.82) is 0 Å². The molecule has 2 nitrogen and oxygen atoms in total. The zero-order valence-electron chi connectivity index (χ0n) is 11.0. The Labute approximate surface area is 113 Å². The second kappa shape index (κ2) is 4.32. The quantitative estimate of drug-likeness (QED) is 0.750. The van der Waals surface area contributed by atoms with Crippen molar-refractivity contribution in [3.05, 3.63) is 79.1 Å². The number of hydrogen-bond donors (Lipinski definition) is 0. The van der Waals surface area contributed by atoms with Crippen LogP contribution in [0.3, 0.4) is 0 Å². The summed E-state index contributed by atoms with van der Waals surface area (Å²) in [4.78, 5) is 4.18. The lowest BCUT2D eigenvalue weighted by Gasteiger charge is -2.40. The third kappa shape index (κ3) is 1.73. The Hall–Kier alpha value is -2.48. The van der Waals surface area contributed by atoms with Gasteiger partial charge < -0.3 is 4.90 Å². The van der Waals surface area contributed by atoms with Crippen molar-refractivity contribution < 1.29 is 0 Å². The lowest BCUT2D eigenvalue weighted by atomic mass is 10.0. The van der Waals surface area contributed by atoms with Crippen molar-refractivity contribution in [3.63, 3.8) is 0 Å².